The largest absolute Gasteiger partial charge is 0.445 e. The molecule has 148 valence electrons. The van der Waals surface area contributed by atoms with Crippen molar-refractivity contribution in [3.05, 3.63) is 35.9 Å². The van der Waals surface area contributed by atoms with E-state index in [1.807, 2.05) is 58.0 Å². The van der Waals surface area contributed by atoms with Crippen LogP contribution < -0.4 is 5.32 Å². The molecule has 2 fully saturated rings. The predicted octanol–water partition coefficient (Wildman–Crippen LogP) is 4.09. The van der Waals surface area contributed by atoms with Crippen LogP contribution in [0.4, 0.5) is 9.59 Å². The van der Waals surface area contributed by atoms with Crippen LogP contribution in [-0.2, 0) is 16.1 Å². The summed E-state index contributed by atoms with van der Waals surface area (Å²) in [5.74, 6) is 0.388. The quantitative estimate of drug-likeness (QED) is 0.865. The second-order valence-corrected chi connectivity index (χ2v) is 8.78. The maximum atomic E-state index is 12.7. The van der Waals surface area contributed by atoms with Crippen LogP contribution >= 0.6 is 0 Å². The number of hydrogen-bond donors (Lipinski definition) is 1. The minimum absolute atomic E-state index is 0.0818. The van der Waals surface area contributed by atoms with Gasteiger partial charge in [0.25, 0.3) is 0 Å². The predicted molar refractivity (Wildman–Crippen MR) is 102 cm³/mol. The minimum Gasteiger partial charge on any atom is -0.445 e. The molecule has 1 saturated carbocycles. The number of alkyl carbamates (subject to hydrolysis) is 1. The van der Waals surface area contributed by atoms with Gasteiger partial charge in [-0.05, 0) is 58.4 Å². The van der Waals surface area contributed by atoms with Crippen molar-refractivity contribution in [1.82, 2.24) is 10.2 Å². The lowest BCUT2D eigenvalue weighted by molar-refractivity contribution is 0.0452. The molecule has 1 aliphatic heterocycles. The van der Waals surface area contributed by atoms with Gasteiger partial charge in [-0.2, -0.15) is 0 Å². The summed E-state index contributed by atoms with van der Waals surface area (Å²) in [5, 5.41) is 3.03. The van der Waals surface area contributed by atoms with E-state index in [0.717, 1.165) is 24.8 Å². The first kappa shape index (κ1) is 19.5. The van der Waals surface area contributed by atoms with Crippen LogP contribution in [0.1, 0.15) is 52.5 Å². The summed E-state index contributed by atoms with van der Waals surface area (Å²) in [6, 6.07) is 9.72. The van der Waals surface area contributed by atoms with Crippen LogP contribution in [0.25, 0.3) is 0 Å². The van der Waals surface area contributed by atoms with Crippen molar-refractivity contribution in [2.75, 3.05) is 6.54 Å². The zero-order chi connectivity index (χ0) is 19.7. The van der Waals surface area contributed by atoms with Crippen molar-refractivity contribution in [1.29, 1.82) is 0 Å². The maximum absolute atomic E-state index is 12.7. The van der Waals surface area contributed by atoms with Gasteiger partial charge in [-0.1, -0.05) is 30.3 Å². The molecule has 6 heteroatoms. The minimum atomic E-state index is -0.544. The fourth-order valence-corrected chi connectivity index (χ4v) is 3.76. The molecular weight excluding hydrogens is 344 g/mol. The highest BCUT2D eigenvalue weighted by molar-refractivity contribution is 5.71. The number of nitrogens with one attached hydrogen (secondary N) is 1. The fraction of sp³-hybridized carbons (Fsp3) is 0.619. The van der Waals surface area contributed by atoms with Gasteiger partial charge < -0.3 is 19.7 Å². The molecule has 2 aliphatic rings. The van der Waals surface area contributed by atoms with Gasteiger partial charge in [0, 0.05) is 12.6 Å². The van der Waals surface area contributed by atoms with Crippen LogP contribution in [0, 0.1) is 5.92 Å². The Kier molecular flexibility index (Phi) is 5.36. The Morgan fingerprint density at radius 3 is 2.59 bits per heavy atom. The van der Waals surface area contributed by atoms with E-state index in [1.54, 1.807) is 4.90 Å². The Morgan fingerprint density at radius 2 is 1.93 bits per heavy atom. The molecule has 0 bridgehead atoms. The summed E-state index contributed by atoms with van der Waals surface area (Å²) in [6.07, 6.45) is 2.02. The highest BCUT2D eigenvalue weighted by Gasteiger charge is 2.58. The van der Waals surface area contributed by atoms with Gasteiger partial charge in [0.2, 0.25) is 0 Å². The Bertz CT molecular complexity index is 685. The van der Waals surface area contributed by atoms with E-state index < -0.39 is 17.2 Å². The summed E-state index contributed by atoms with van der Waals surface area (Å²) in [7, 11) is 0. The van der Waals surface area contributed by atoms with Gasteiger partial charge in [0.05, 0.1) is 5.54 Å². The molecule has 0 spiro atoms. The number of ether oxygens (including phenoxy) is 2. The van der Waals surface area contributed by atoms with Gasteiger partial charge >= 0.3 is 12.2 Å². The van der Waals surface area contributed by atoms with E-state index in [0.29, 0.717) is 12.5 Å². The molecule has 6 nitrogen and oxygen atoms in total. The van der Waals surface area contributed by atoms with Gasteiger partial charge in [0.1, 0.15) is 12.2 Å². The van der Waals surface area contributed by atoms with Gasteiger partial charge in [-0.3, -0.25) is 0 Å². The normalized spacial score (nSPS) is 27.2. The number of amides is 2. The summed E-state index contributed by atoms with van der Waals surface area (Å²) in [6.45, 7) is 8.28. The molecule has 1 aliphatic carbocycles. The van der Waals surface area contributed by atoms with E-state index in [2.05, 4.69) is 5.32 Å². The SMILES string of the molecule is C[C@@H]1CC[C@@H]2C[C@]2(NC(=O)OC(C)(C)C)CN1C(=O)OCc1ccccc1. The van der Waals surface area contributed by atoms with Crippen LogP contribution in [0.5, 0.6) is 0 Å². The van der Waals surface area contributed by atoms with Crippen molar-refractivity contribution in [2.24, 2.45) is 5.92 Å². The zero-order valence-corrected chi connectivity index (χ0v) is 16.7. The average molecular weight is 374 g/mol. The Morgan fingerprint density at radius 1 is 1.22 bits per heavy atom. The van der Waals surface area contributed by atoms with Crippen molar-refractivity contribution in [2.45, 2.75) is 70.7 Å². The topological polar surface area (TPSA) is 67.9 Å². The molecule has 3 atom stereocenters. The Labute approximate surface area is 161 Å². The first-order valence-electron chi connectivity index (χ1n) is 9.67. The summed E-state index contributed by atoms with van der Waals surface area (Å²) < 4.78 is 11.0. The standard InChI is InChI=1S/C21H30N2O4/c1-15-10-11-17-12-21(17,22-18(24)27-20(2,3)4)14-23(15)19(25)26-13-16-8-6-5-7-9-16/h5-9,15,17H,10-14H2,1-4H3,(H,22,24)/t15-,17-,21+/m1/s1. The molecule has 1 aromatic carbocycles. The third kappa shape index (κ3) is 4.93. The third-order valence-corrected chi connectivity index (χ3v) is 5.34. The highest BCUT2D eigenvalue weighted by atomic mass is 16.6. The number of carbonyl (C=O) groups is 2. The lowest BCUT2D eigenvalue weighted by Crippen LogP contribution is -2.51. The summed E-state index contributed by atoms with van der Waals surface area (Å²) in [5.41, 5.74) is 0.0234. The lowest BCUT2D eigenvalue weighted by Gasteiger charge is -2.31. The van der Waals surface area contributed by atoms with Crippen LogP contribution in [0.3, 0.4) is 0 Å². The number of nitrogens with zero attached hydrogens (tertiary/aromatic N) is 1. The second-order valence-electron chi connectivity index (χ2n) is 8.78. The van der Waals surface area contributed by atoms with Crippen LogP contribution in [0.15, 0.2) is 30.3 Å². The highest BCUT2D eigenvalue weighted by Crippen LogP contribution is 2.50. The van der Waals surface area contributed by atoms with Crippen LogP contribution in [0.2, 0.25) is 0 Å². The van der Waals surface area contributed by atoms with E-state index in [9.17, 15) is 9.59 Å². The van der Waals surface area contributed by atoms with E-state index >= 15 is 0 Å². The van der Waals surface area contributed by atoms with Gasteiger partial charge in [-0.15, -0.1) is 0 Å². The first-order valence-corrected chi connectivity index (χ1v) is 9.67. The zero-order valence-electron chi connectivity index (χ0n) is 16.7. The smallest absolute Gasteiger partial charge is 0.410 e. The molecule has 1 heterocycles. The Hall–Kier alpha value is -2.24. The number of hydrogen-bond acceptors (Lipinski definition) is 4. The van der Waals surface area contributed by atoms with Crippen molar-refractivity contribution in [3.8, 4) is 0 Å². The van der Waals surface area contributed by atoms with Crippen molar-refractivity contribution >= 4 is 12.2 Å². The third-order valence-electron chi connectivity index (χ3n) is 5.34. The van der Waals surface area contributed by atoms with Crippen molar-refractivity contribution < 1.29 is 19.1 Å². The molecule has 27 heavy (non-hydrogen) atoms. The van der Waals surface area contributed by atoms with Crippen LogP contribution in [-0.4, -0.2) is 40.8 Å². The monoisotopic (exact) mass is 374 g/mol. The molecule has 1 saturated heterocycles. The van der Waals surface area contributed by atoms with Gasteiger partial charge in [-0.25, -0.2) is 9.59 Å². The molecule has 1 aromatic rings. The summed E-state index contributed by atoms with van der Waals surface area (Å²) >= 11 is 0. The van der Waals surface area contributed by atoms with E-state index in [-0.39, 0.29) is 18.7 Å². The molecule has 3 rings (SSSR count). The number of rotatable bonds is 3. The molecular formula is C21H30N2O4. The second kappa shape index (κ2) is 7.41. The van der Waals surface area contributed by atoms with Crippen molar-refractivity contribution in [3.63, 3.8) is 0 Å². The van der Waals surface area contributed by atoms with Gasteiger partial charge in [0.15, 0.2) is 0 Å². The summed E-state index contributed by atoms with van der Waals surface area (Å²) in [4.78, 5) is 26.7. The molecule has 0 aromatic heterocycles. The van der Waals surface area contributed by atoms with E-state index in [4.69, 9.17) is 9.47 Å². The Balaban J connectivity index is 1.62. The molecule has 0 unspecified atom stereocenters. The first-order chi connectivity index (χ1) is 12.7. The molecule has 1 N–H and O–H groups in total. The number of likely N-dealkylation sites (tertiary alicyclic amines) is 1. The maximum Gasteiger partial charge on any atom is 0.410 e. The number of fused-ring (bicyclic) bond motifs is 1. The average Bonchev–Trinajstić information content (AvgIpc) is 3.28. The molecule has 2 amide bonds. The number of carbonyl (C=O) groups excluding carboxylic acids is 2. The van der Waals surface area contributed by atoms with E-state index in [1.165, 1.54) is 0 Å². The molecule has 0 radical (unpaired) electrons. The lowest BCUT2D eigenvalue weighted by atomic mass is 10.1. The fourth-order valence-electron chi connectivity index (χ4n) is 3.76. The number of benzene rings is 1.